The third kappa shape index (κ3) is 7.19. The van der Waals surface area contributed by atoms with Crippen LogP contribution >= 0.6 is 35.3 Å². The number of piperazine rings is 1. The second-order valence-electron chi connectivity index (χ2n) is 8.18. The van der Waals surface area contributed by atoms with Crippen LogP contribution in [0.4, 0.5) is 0 Å². The molecule has 3 rings (SSSR count). The molecule has 0 atom stereocenters. The minimum atomic E-state index is -0.115. The third-order valence-electron chi connectivity index (χ3n) is 5.18. The number of nitrogens with one attached hydrogen (secondary N) is 3. The number of amides is 2. The average Bonchev–Trinajstić information content (AvgIpc) is 3.32. The fourth-order valence-electron chi connectivity index (χ4n) is 3.31. The van der Waals surface area contributed by atoms with Crippen molar-refractivity contribution in [1.82, 2.24) is 20.9 Å². The highest BCUT2D eigenvalue weighted by molar-refractivity contribution is 14.0. The van der Waals surface area contributed by atoms with Gasteiger partial charge in [0.15, 0.2) is 5.96 Å². The lowest BCUT2D eigenvalue weighted by atomic mass is 9.91. The number of aliphatic imine (C=N–C) groups is 1. The fourth-order valence-corrected chi connectivity index (χ4v) is 4.17. The SMILES string of the molecule is CCNC(=NCc1ccc(C(=O)N2CCNC(=O)C2)cc1)NCC(C)(C)c1cccs1.I. The number of halogens is 1. The van der Waals surface area contributed by atoms with Crippen molar-refractivity contribution in [3.63, 3.8) is 0 Å². The first-order valence-electron chi connectivity index (χ1n) is 10.6. The molecule has 32 heavy (non-hydrogen) atoms. The first-order chi connectivity index (χ1) is 14.9. The van der Waals surface area contributed by atoms with E-state index in [4.69, 9.17) is 4.99 Å². The summed E-state index contributed by atoms with van der Waals surface area (Å²) in [6.45, 7) is 9.70. The molecule has 1 saturated heterocycles. The smallest absolute Gasteiger partial charge is 0.254 e. The Morgan fingerprint density at radius 2 is 1.97 bits per heavy atom. The summed E-state index contributed by atoms with van der Waals surface area (Å²) in [5.41, 5.74) is 1.62. The van der Waals surface area contributed by atoms with Crippen LogP contribution in [0.3, 0.4) is 0 Å². The zero-order valence-electron chi connectivity index (χ0n) is 18.8. The molecule has 0 unspecified atom stereocenters. The van der Waals surface area contributed by atoms with Crippen molar-refractivity contribution >= 4 is 53.1 Å². The summed E-state index contributed by atoms with van der Waals surface area (Å²) < 4.78 is 0. The van der Waals surface area contributed by atoms with Crippen LogP contribution in [0.2, 0.25) is 0 Å². The van der Waals surface area contributed by atoms with Gasteiger partial charge in [0.2, 0.25) is 5.91 Å². The van der Waals surface area contributed by atoms with Gasteiger partial charge in [-0.2, -0.15) is 0 Å². The number of carbonyl (C=O) groups is 2. The standard InChI is InChI=1S/C23H31N5O2S.HI/c1-4-24-22(27-16-23(2,3)19-6-5-13-31-19)26-14-17-7-9-18(10-8-17)21(30)28-12-11-25-20(29)15-28;/h5-10,13H,4,11-12,14-16H2,1-3H3,(H,25,29)(H2,24,26,27);1H. The Balaban J connectivity index is 0.00000363. The predicted molar refractivity (Wildman–Crippen MR) is 141 cm³/mol. The largest absolute Gasteiger partial charge is 0.357 e. The van der Waals surface area contributed by atoms with Crippen LogP contribution < -0.4 is 16.0 Å². The molecule has 2 aromatic rings. The van der Waals surface area contributed by atoms with Gasteiger partial charge in [-0.15, -0.1) is 35.3 Å². The van der Waals surface area contributed by atoms with Crippen LogP contribution in [-0.4, -0.2) is 55.4 Å². The van der Waals surface area contributed by atoms with Crippen LogP contribution in [0.15, 0.2) is 46.8 Å². The van der Waals surface area contributed by atoms with Gasteiger partial charge in [0.1, 0.15) is 0 Å². The fraction of sp³-hybridized carbons (Fsp3) is 0.435. The lowest BCUT2D eigenvalue weighted by molar-refractivity contribution is -0.123. The average molecular weight is 570 g/mol. The van der Waals surface area contributed by atoms with Crippen molar-refractivity contribution in [2.45, 2.75) is 32.7 Å². The molecule has 0 radical (unpaired) electrons. The van der Waals surface area contributed by atoms with Crippen molar-refractivity contribution in [3.8, 4) is 0 Å². The number of rotatable bonds is 7. The van der Waals surface area contributed by atoms with Crippen LogP contribution in [0.5, 0.6) is 0 Å². The topological polar surface area (TPSA) is 85.8 Å². The summed E-state index contributed by atoms with van der Waals surface area (Å²) >= 11 is 1.77. The maximum absolute atomic E-state index is 12.6. The van der Waals surface area contributed by atoms with Gasteiger partial charge in [-0.25, -0.2) is 4.99 Å². The van der Waals surface area contributed by atoms with Gasteiger partial charge < -0.3 is 20.9 Å². The number of thiophene rings is 1. The van der Waals surface area contributed by atoms with Crippen molar-refractivity contribution in [2.75, 3.05) is 32.7 Å². The maximum Gasteiger partial charge on any atom is 0.254 e. The lowest BCUT2D eigenvalue weighted by Crippen LogP contribution is -2.49. The Bertz CT molecular complexity index is 913. The molecule has 9 heteroatoms. The molecule has 1 fully saturated rings. The third-order valence-corrected chi connectivity index (χ3v) is 6.41. The summed E-state index contributed by atoms with van der Waals surface area (Å²) in [7, 11) is 0. The molecule has 2 heterocycles. The van der Waals surface area contributed by atoms with E-state index in [0.29, 0.717) is 25.2 Å². The van der Waals surface area contributed by atoms with Gasteiger partial charge in [0, 0.05) is 42.0 Å². The lowest BCUT2D eigenvalue weighted by Gasteiger charge is -2.26. The molecule has 0 aliphatic carbocycles. The Morgan fingerprint density at radius 3 is 2.59 bits per heavy atom. The monoisotopic (exact) mass is 569 g/mol. The highest BCUT2D eigenvalue weighted by Gasteiger charge is 2.23. The van der Waals surface area contributed by atoms with E-state index < -0.39 is 0 Å². The van der Waals surface area contributed by atoms with E-state index in [0.717, 1.165) is 24.6 Å². The van der Waals surface area contributed by atoms with Gasteiger partial charge in [-0.1, -0.05) is 32.0 Å². The van der Waals surface area contributed by atoms with Gasteiger partial charge >= 0.3 is 0 Å². The van der Waals surface area contributed by atoms with Crippen molar-refractivity contribution < 1.29 is 9.59 Å². The molecule has 0 saturated carbocycles. The van der Waals surface area contributed by atoms with Gasteiger partial charge in [0.05, 0.1) is 13.1 Å². The summed E-state index contributed by atoms with van der Waals surface area (Å²) in [6, 6.07) is 11.7. The molecule has 0 spiro atoms. The van der Waals surface area contributed by atoms with Crippen molar-refractivity contribution in [3.05, 3.63) is 57.8 Å². The van der Waals surface area contributed by atoms with E-state index >= 15 is 0 Å². The Kier molecular flexibility index (Phi) is 9.95. The van der Waals surface area contributed by atoms with Gasteiger partial charge in [0.25, 0.3) is 5.91 Å². The van der Waals surface area contributed by atoms with E-state index in [1.54, 1.807) is 28.4 Å². The molecule has 1 aliphatic heterocycles. The van der Waals surface area contributed by atoms with E-state index in [1.165, 1.54) is 4.88 Å². The summed E-state index contributed by atoms with van der Waals surface area (Å²) in [5.74, 6) is 0.540. The number of carbonyl (C=O) groups excluding carboxylic acids is 2. The molecule has 3 N–H and O–H groups in total. The van der Waals surface area contributed by atoms with E-state index in [-0.39, 0.29) is 47.8 Å². The quantitative estimate of drug-likeness (QED) is 0.272. The van der Waals surface area contributed by atoms with E-state index in [9.17, 15) is 9.59 Å². The van der Waals surface area contributed by atoms with E-state index in [2.05, 4.69) is 47.3 Å². The molecule has 1 aliphatic rings. The summed E-state index contributed by atoms with van der Waals surface area (Å²) in [4.78, 5) is 31.7. The minimum Gasteiger partial charge on any atom is -0.357 e. The first kappa shape index (κ1) is 26.1. The van der Waals surface area contributed by atoms with Crippen LogP contribution in [-0.2, 0) is 16.8 Å². The molecule has 7 nitrogen and oxygen atoms in total. The number of hydrogen-bond donors (Lipinski definition) is 3. The number of guanidine groups is 1. The molecule has 1 aromatic heterocycles. The second kappa shape index (κ2) is 12.2. The second-order valence-corrected chi connectivity index (χ2v) is 9.13. The summed E-state index contributed by atoms with van der Waals surface area (Å²) in [6.07, 6.45) is 0. The highest BCUT2D eigenvalue weighted by Crippen LogP contribution is 2.26. The summed E-state index contributed by atoms with van der Waals surface area (Å²) in [5, 5.41) is 11.6. The van der Waals surface area contributed by atoms with Gasteiger partial charge in [-0.05, 0) is 36.1 Å². The van der Waals surface area contributed by atoms with Crippen molar-refractivity contribution in [1.29, 1.82) is 0 Å². The molecular weight excluding hydrogens is 537 g/mol. The Labute approximate surface area is 211 Å². The van der Waals surface area contributed by atoms with Crippen molar-refractivity contribution in [2.24, 2.45) is 4.99 Å². The number of benzene rings is 1. The van der Waals surface area contributed by atoms with Crippen LogP contribution in [0.25, 0.3) is 0 Å². The first-order valence-corrected chi connectivity index (χ1v) is 11.5. The maximum atomic E-state index is 12.6. The Hall–Kier alpha value is -2.14. The molecule has 2 amide bonds. The zero-order valence-corrected chi connectivity index (χ0v) is 22.0. The number of hydrogen-bond acceptors (Lipinski definition) is 4. The molecule has 0 bridgehead atoms. The predicted octanol–water partition coefficient (Wildman–Crippen LogP) is 2.97. The molecule has 174 valence electrons. The Morgan fingerprint density at radius 1 is 1.22 bits per heavy atom. The highest BCUT2D eigenvalue weighted by atomic mass is 127. The molecule has 1 aromatic carbocycles. The molecular formula is C23H32IN5O2S. The number of nitrogens with zero attached hydrogens (tertiary/aromatic N) is 2. The van der Waals surface area contributed by atoms with E-state index in [1.807, 2.05) is 19.1 Å². The van der Waals surface area contributed by atoms with Crippen LogP contribution in [0.1, 0.15) is 41.6 Å². The normalized spacial score (nSPS) is 14.4. The minimum absolute atomic E-state index is 0. The van der Waals surface area contributed by atoms with Crippen LogP contribution in [0, 0.1) is 0 Å². The zero-order chi connectivity index (χ0) is 22.3. The van der Waals surface area contributed by atoms with Gasteiger partial charge in [-0.3, -0.25) is 9.59 Å².